The van der Waals surface area contributed by atoms with Crippen molar-refractivity contribution in [2.45, 2.75) is 52.1 Å². The van der Waals surface area contributed by atoms with Gasteiger partial charge < -0.3 is 5.32 Å². The summed E-state index contributed by atoms with van der Waals surface area (Å²) in [6.45, 7) is 6.24. The molecule has 0 aromatic carbocycles. The standard InChI is InChI=1S/C15H24N4S/c1-3-10-19-15(12-17-18-19)14(16-4-2)9-5-7-13-8-6-11-20-13/h6,8,11-12,14,16H,3-5,7,9-10H2,1-2H3. The fourth-order valence-corrected chi connectivity index (χ4v) is 3.21. The second-order valence-electron chi connectivity index (χ2n) is 4.96. The van der Waals surface area contributed by atoms with Crippen LogP contribution in [-0.2, 0) is 13.0 Å². The molecule has 1 N–H and O–H groups in total. The monoisotopic (exact) mass is 292 g/mol. The second-order valence-corrected chi connectivity index (χ2v) is 6.00. The van der Waals surface area contributed by atoms with Crippen molar-refractivity contribution in [2.75, 3.05) is 6.54 Å². The van der Waals surface area contributed by atoms with Crippen LogP contribution in [0.5, 0.6) is 0 Å². The Morgan fingerprint density at radius 1 is 1.40 bits per heavy atom. The smallest absolute Gasteiger partial charge is 0.0756 e. The molecule has 0 aliphatic heterocycles. The van der Waals surface area contributed by atoms with E-state index in [-0.39, 0.29) is 0 Å². The van der Waals surface area contributed by atoms with Crippen LogP contribution in [0.1, 0.15) is 49.7 Å². The summed E-state index contributed by atoms with van der Waals surface area (Å²) in [6.07, 6.45) is 6.48. The molecule has 5 heteroatoms. The molecule has 1 unspecified atom stereocenters. The zero-order valence-electron chi connectivity index (χ0n) is 12.4. The van der Waals surface area contributed by atoms with Gasteiger partial charge >= 0.3 is 0 Å². The lowest BCUT2D eigenvalue weighted by Gasteiger charge is -2.18. The average molecular weight is 292 g/mol. The average Bonchev–Trinajstić information content (AvgIpc) is 3.09. The summed E-state index contributed by atoms with van der Waals surface area (Å²) in [6, 6.07) is 4.71. The summed E-state index contributed by atoms with van der Waals surface area (Å²) >= 11 is 1.85. The molecule has 20 heavy (non-hydrogen) atoms. The molecule has 2 rings (SSSR count). The maximum absolute atomic E-state index is 4.20. The van der Waals surface area contributed by atoms with Crippen molar-refractivity contribution in [2.24, 2.45) is 0 Å². The molecule has 2 aromatic heterocycles. The van der Waals surface area contributed by atoms with E-state index in [0.717, 1.165) is 32.4 Å². The Hall–Kier alpha value is -1.20. The Morgan fingerprint density at radius 2 is 2.30 bits per heavy atom. The number of hydrogen-bond acceptors (Lipinski definition) is 4. The lowest BCUT2D eigenvalue weighted by molar-refractivity contribution is 0.446. The zero-order chi connectivity index (χ0) is 14.2. The first-order valence-corrected chi connectivity index (χ1v) is 8.37. The van der Waals surface area contributed by atoms with Gasteiger partial charge in [-0.15, -0.1) is 16.4 Å². The third-order valence-electron chi connectivity index (χ3n) is 3.39. The quantitative estimate of drug-likeness (QED) is 0.770. The molecule has 0 bridgehead atoms. The first-order valence-electron chi connectivity index (χ1n) is 7.49. The van der Waals surface area contributed by atoms with E-state index >= 15 is 0 Å². The molecule has 0 amide bonds. The van der Waals surface area contributed by atoms with Crippen molar-refractivity contribution >= 4 is 11.3 Å². The van der Waals surface area contributed by atoms with Gasteiger partial charge in [-0.1, -0.05) is 25.1 Å². The van der Waals surface area contributed by atoms with Crippen molar-refractivity contribution in [3.63, 3.8) is 0 Å². The van der Waals surface area contributed by atoms with Gasteiger partial charge in [0.1, 0.15) is 0 Å². The summed E-state index contributed by atoms with van der Waals surface area (Å²) in [5.74, 6) is 0. The Kier molecular flexibility index (Phi) is 6.21. The highest BCUT2D eigenvalue weighted by Gasteiger charge is 2.15. The fourth-order valence-electron chi connectivity index (χ4n) is 2.46. The summed E-state index contributed by atoms with van der Waals surface area (Å²) in [5, 5.41) is 14.0. The third-order valence-corrected chi connectivity index (χ3v) is 4.32. The van der Waals surface area contributed by atoms with Crippen LogP contribution in [0, 0.1) is 0 Å². The largest absolute Gasteiger partial charge is 0.309 e. The molecule has 0 fully saturated rings. The molecule has 0 saturated heterocycles. The molecule has 0 saturated carbocycles. The van der Waals surface area contributed by atoms with E-state index in [4.69, 9.17) is 0 Å². The molecular formula is C15H24N4S. The van der Waals surface area contributed by atoms with Crippen molar-refractivity contribution in [1.29, 1.82) is 0 Å². The van der Waals surface area contributed by atoms with Crippen LogP contribution in [0.15, 0.2) is 23.7 Å². The van der Waals surface area contributed by atoms with Crippen molar-refractivity contribution in [3.05, 3.63) is 34.3 Å². The predicted molar refractivity (Wildman–Crippen MR) is 84.0 cm³/mol. The van der Waals surface area contributed by atoms with Crippen LogP contribution in [-0.4, -0.2) is 21.5 Å². The van der Waals surface area contributed by atoms with Gasteiger partial charge in [0, 0.05) is 11.4 Å². The fraction of sp³-hybridized carbons (Fsp3) is 0.600. The highest BCUT2D eigenvalue weighted by atomic mass is 32.1. The summed E-state index contributed by atoms with van der Waals surface area (Å²) in [7, 11) is 0. The van der Waals surface area contributed by atoms with E-state index in [1.54, 1.807) is 0 Å². The molecule has 0 aliphatic rings. The van der Waals surface area contributed by atoms with Gasteiger partial charge in [-0.3, -0.25) is 0 Å². The van der Waals surface area contributed by atoms with Gasteiger partial charge in [-0.05, 0) is 43.7 Å². The number of thiophene rings is 1. The van der Waals surface area contributed by atoms with Crippen LogP contribution < -0.4 is 5.32 Å². The van der Waals surface area contributed by atoms with E-state index in [2.05, 4.69) is 47.0 Å². The SMILES string of the molecule is CCCn1nncc1C(CCCc1cccs1)NCC. The molecule has 2 aromatic rings. The van der Waals surface area contributed by atoms with Gasteiger partial charge in [0.15, 0.2) is 0 Å². The first-order chi connectivity index (χ1) is 9.85. The van der Waals surface area contributed by atoms with Gasteiger partial charge in [0.2, 0.25) is 0 Å². The molecule has 110 valence electrons. The second kappa shape index (κ2) is 8.17. The maximum Gasteiger partial charge on any atom is 0.0756 e. The Bertz CT molecular complexity index is 478. The van der Waals surface area contributed by atoms with Gasteiger partial charge in [0.25, 0.3) is 0 Å². The Morgan fingerprint density at radius 3 is 3.00 bits per heavy atom. The number of hydrogen-bond donors (Lipinski definition) is 1. The van der Waals surface area contributed by atoms with Gasteiger partial charge in [0.05, 0.1) is 17.9 Å². The van der Waals surface area contributed by atoms with Crippen LogP contribution >= 0.6 is 11.3 Å². The molecule has 0 aliphatic carbocycles. The molecule has 2 heterocycles. The normalized spacial score (nSPS) is 12.7. The summed E-state index contributed by atoms with van der Waals surface area (Å²) in [5.41, 5.74) is 1.22. The predicted octanol–water partition coefficient (Wildman–Crippen LogP) is 3.42. The minimum Gasteiger partial charge on any atom is -0.309 e. The van der Waals surface area contributed by atoms with Gasteiger partial charge in [-0.25, -0.2) is 4.68 Å². The van der Waals surface area contributed by atoms with E-state index in [1.165, 1.54) is 17.0 Å². The van der Waals surface area contributed by atoms with Crippen LogP contribution in [0.2, 0.25) is 0 Å². The van der Waals surface area contributed by atoms with E-state index in [1.807, 2.05) is 22.2 Å². The molecule has 1 atom stereocenters. The van der Waals surface area contributed by atoms with E-state index in [0.29, 0.717) is 6.04 Å². The summed E-state index contributed by atoms with van der Waals surface area (Å²) < 4.78 is 2.04. The van der Waals surface area contributed by atoms with Crippen LogP contribution in [0.4, 0.5) is 0 Å². The molecule has 4 nitrogen and oxygen atoms in total. The van der Waals surface area contributed by atoms with Crippen LogP contribution in [0.25, 0.3) is 0 Å². The molecular weight excluding hydrogens is 268 g/mol. The molecule has 0 radical (unpaired) electrons. The van der Waals surface area contributed by atoms with Crippen molar-refractivity contribution in [1.82, 2.24) is 20.3 Å². The van der Waals surface area contributed by atoms with Crippen molar-refractivity contribution < 1.29 is 0 Å². The van der Waals surface area contributed by atoms with Gasteiger partial charge in [-0.2, -0.15) is 0 Å². The van der Waals surface area contributed by atoms with Crippen molar-refractivity contribution in [3.8, 4) is 0 Å². The first kappa shape index (κ1) is 15.2. The number of rotatable bonds is 9. The van der Waals surface area contributed by atoms with Crippen LogP contribution in [0.3, 0.4) is 0 Å². The Labute approximate surface area is 125 Å². The number of aryl methyl sites for hydroxylation is 2. The highest BCUT2D eigenvalue weighted by molar-refractivity contribution is 7.09. The summed E-state index contributed by atoms with van der Waals surface area (Å²) in [4.78, 5) is 1.47. The number of aromatic nitrogens is 3. The highest BCUT2D eigenvalue weighted by Crippen LogP contribution is 2.20. The number of nitrogens with one attached hydrogen (secondary N) is 1. The zero-order valence-corrected chi connectivity index (χ0v) is 13.2. The van der Waals surface area contributed by atoms with E-state index < -0.39 is 0 Å². The lowest BCUT2D eigenvalue weighted by atomic mass is 10.1. The lowest BCUT2D eigenvalue weighted by Crippen LogP contribution is -2.24. The maximum atomic E-state index is 4.20. The number of nitrogens with zero attached hydrogens (tertiary/aromatic N) is 3. The minimum atomic E-state index is 0.363. The van der Waals surface area contributed by atoms with E-state index in [9.17, 15) is 0 Å². The topological polar surface area (TPSA) is 42.7 Å². The molecule has 0 spiro atoms. The minimum absolute atomic E-state index is 0.363. The Balaban J connectivity index is 1.93. The third kappa shape index (κ3) is 4.15.